The number of rotatable bonds is 0. The minimum atomic E-state index is -0.192. The first-order chi connectivity index (χ1) is 8.11. The number of carbonyl (C=O) groups is 1. The molecule has 2 heterocycles. The Balaban J connectivity index is 2.31. The second-order valence-corrected chi connectivity index (χ2v) is 4.85. The highest BCUT2D eigenvalue weighted by molar-refractivity contribution is 9.10. The highest BCUT2D eigenvalue weighted by atomic mass is 79.9. The van der Waals surface area contributed by atoms with Crippen molar-refractivity contribution in [1.82, 2.24) is 4.90 Å². The number of likely N-dealkylation sites (N-methyl/N-ethyl adjacent to an activating group) is 1. The van der Waals surface area contributed by atoms with Crippen molar-refractivity contribution >= 4 is 21.8 Å². The highest BCUT2D eigenvalue weighted by Crippen LogP contribution is 2.50. The summed E-state index contributed by atoms with van der Waals surface area (Å²) in [5, 5.41) is 10.1. The molecular formula is C11H10BrNO4. The fourth-order valence-electron chi connectivity index (χ4n) is 2.16. The monoisotopic (exact) mass is 299 g/mol. The van der Waals surface area contributed by atoms with Crippen LogP contribution in [-0.4, -0.2) is 36.3 Å². The molecular weight excluding hydrogens is 290 g/mol. The maximum absolute atomic E-state index is 12.0. The van der Waals surface area contributed by atoms with E-state index in [4.69, 9.17) is 9.47 Å². The minimum Gasteiger partial charge on any atom is -0.504 e. The number of nitrogens with zero attached hydrogens (tertiary/aromatic N) is 1. The van der Waals surface area contributed by atoms with Crippen molar-refractivity contribution in [2.24, 2.45) is 0 Å². The summed E-state index contributed by atoms with van der Waals surface area (Å²) in [6.45, 7) is 0.692. The normalized spacial score (nSPS) is 17.3. The first kappa shape index (κ1) is 10.7. The molecule has 1 N–H and O–H groups in total. The van der Waals surface area contributed by atoms with Gasteiger partial charge in [0.05, 0.1) is 10.0 Å². The van der Waals surface area contributed by atoms with Gasteiger partial charge in [-0.2, -0.15) is 0 Å². The van der Waals surface area contributed by atoms with E-state index >= 15 is 0 Å². The van der Waals surface area contributed by atoms with Gasteiger partial charge >= 0.3 is 0 Å². The third-order valence-corrected chi connectivity index (χ3v) is 3.93. The van der Waals surface area contributed by atoms with Crippen LogP contribution in [0.25, 0.3) is 0 Å². The van der Waals surface area contributed by atoms with Crippen molar-refractivity contribution in [2.75, 3.05) is 20.4 Å². The molecule has 1 aromatic rings. The van der Waals surface area contributed by atoms with Gasteiger partial charge in [0.1, 0.15) is 0 Å². The Labute approximate surface area is 106 Å². The fraction of sp³-hybridized carbons (Fsp3) is 0.364. The highest BCUT2D eigenvalue weighted by Gasteiger charge is 2.34. The van der Waals surface area contributed by atoms with Crippen molar-refractivity contribution in [3.05, 3.63) is 15.6 Å². The molecule has 1 amide bonds. The minimum absolute atomic E-state index is 0.0639. The summed E-state index contributed by atoms with van der Waals surface area (Å²) < 4.78 is 11.2. The molecule has 0 aromatic heterocycles. The molecule has 2 aliphatic heterocycles. The largest absolute Gasteiger partial charge is 0.504 e. The number of phenolic OH excluding ortho intramolecular Hbond substituents is 1. The summed E-state index contributed by atoms with van der Waals surface area (Å²) in [5.41, 5.74) is 1.10. The van der Waals surface area contributed by atoms with Gasteiger partial charge in [0.25, 0.3) is 5.91 Å². The van der Waals surface area contributed by atoms with E-state index in [0.717, 1.165) is 5.56 Å². The summed E-state index contributed by atoms with van der Waals surface area (Å²) in [5.74, 6) is 0.424. The van der Waals surface area contributed by atoms with Crippen molar-refractivity contribution < 1.29 is 19.4 Å². The molecule has 0 spiro atoms. The molecule has 0 unspecified atom stereocenters. The van der Waals surface area contributed by atoms with Gasteiger partial charge in [-0.1, -0.05) is 0 Å². The zero-order chi connectivity index (χ0) is 12.2. The summed E-state index contributed by atoms with van der Waals surface area (Å²) in [6, 6.07) is 0. The van der Waals surface area contributed by atoms with Crippen LogP contribution in [0.2, 0.25) is 0 Å². The Kier molecular flexibility index (Phi) is 2.22. The second-order valence-electron chi connectivity index (χ2n) is 4.06. The standard InChI is InChI=1S/C11H10BrNO4/c1-13-3-2-5-6(11(13)15)8(14)10-9(7(5)12)16-4-17-10/h14H,2-4H2,1H3. The van der Waals surface area contributed by atoms with Crippen LogP contribution in [0.15, 0.2) is 4.47 Å². The molecule has 0 radical (unpaired) electrons. The zero-order valence-electron chi connectivity index (χ0n) is 9.12. The van der Waals surface area contributed by atoms with Gasteiger partial charge in [-0.25, -0.2) is 0 Å². The average molecular weight is 300 g/mol. The van der Waals surface area contributed by atoms with Crippen LogP contribution in [0.1, 0.15) is 15.9 Å². The van der Waals surface area contributed by atoms with Gasteiger partial charge in [-0.3, -0.25) is 4.79 Å². The lowest BCUT2D eigenvalue weighted by Gasteiger charge is -2.26. The number of phenols is 1. The third kappa shape index (κ3) is 1.33. The predicted octanol–water partition coefficient (Wildman–Crippen LogP) is 1.51. The average Bonchev–Trinajstić information content (AvgIpc) is 2.79. The summed E-state index contributed by atoms with van der Waals surface area (Å²) in [6.07, 6.45) is 0.683. The van der Waals surface area contributed by atoms with Crippen LogP contribution in [-0.2, 0) is 6.42 Å². The Morgan fingerprint density at radius 1 is 1.35 bits per heavy atom. The van der Waals surface area contributed by atoms with E-state index in [1.807, 2.05) is 0 Å². The molecule has 0 saturated carbocycles. The number of ether oxygens (including phenoxy) is 2. The summed E-state index contributed by atoms with van der Waals surface area (Å²) in [4.78, 5) is 13.6. The first-order valence-electron chi connectivity index (χ1n) is 5.19. The van der Waals surface area contributed by atoms with E-state index in [9.17, 15) is 9.90 Å². The molecule has 17 heavy (non-hydrogen) atoms. The lowest BCUT2D eigenvalue weighted by atomic mass is 9.97. The molecule has 0 saturated heterocycles. The van der Waals surface area contributed by atoms with Gasteiger partial charge in [0, 0.05) is 13.6 Å². The Bertz CT molecular complexity index is 529. The fourth-order valence-corrected chi connectivity index (χ4v) is 2.85. The van der Waals surface area contributed by atoms with Crippen molar-refractivity contribution in [3.63, 3.8) is 0 Å². The van der Waals surface area contributed by atoms with E-state index in [-0.39, 0.29) is 24.2 Å². The molecule has 0 bridgehead atoms. The summed E-state index contributed by atoms with van der Waals surface area (Å²) in [7, 11) is 1.71. The maximum atomic E-state index is 12.0. The van der Waals surface area contributed by atoms with Crippen molar-refractivity contribution in [3.8, 4) is 17.2 Å². The molecule has 90 valence electrons. The molecule has 0 aliphatic carbocycles. The van der Waals surface area contributed by atoms with Gasteiger partial charge in [0.15, 0.2) is 11.5 Å². The predicted molar refractivity (Wildman–Crippen MR) is 62.6 cm³/mol. The molecule has 2 aliphatic rings. The molecule has 0 fully saturated rings. The summed E-state index contributed by atoms with van der Waals surface area (Å²) >= 11 is 3.41. The van der Waals surface area contributed by atoms with Gasteiger partial charge in [0.2, 0.25) is 12.5 Å². The number of halogens is 1. The van der Waals surface area contributed by atoms with E-state index < -0.39 is 0 Å². The van der Waals surface area contributed by atoms with Gasteiger partial charge in [-0.05, 0) is 27.9 Å². The SMILES string of the molecule is CN1CCc2c(Br)c3c(c(O)c2C1=O)OCO3. The topological polar surface area (TPSA) is 59.0 Å². The Morgan fingerprint density at radius 2 is 2.06 bits per heavy atom. The number of fused-ring (bicyclic) bond motifs is 2. The van der Waals surface area contributed by atoms with Crippen molar-refractivity contribution in [2.45, 2.75) is 6.42 Å². The first-order valence-corrected chi connectivity index (χ1v) is 5.99. The second kappa shape index (κ2) is 3.53. The van der Waals surface area contributed by atoms with Crippen LogP contribution >= 0.6 is 15.9 Å². The van der Waals surface area contributed by atoms with E-state index in [0.29, 0.717) is 28.8 Å². The number of benzene rings is 1. The van der Waals surface area contributed by atoms with Crippen LogP contribution in [0.5, 0.6) is 17.2 Å². The zero-order valence-corrected chi connectivity index (χ0v) is 10.7. The molecule has 6 heteroatoms. The van der Waals surface area contributed by atoms with Crippen molar-refractivity contribution in [1.29, 1.82) is 0 Å². The van der Waals surface area contributed by atoms with Crippen LogP contribution in [0, 0.1) is 0 Å². The molecule has 1 aromatic carbocycles. The number of hydrogen-bond acceptors (Lipinski definition) is 4. The Morgan fingerprint density at radius 3 is 2.82 bits per heavy atom. The van der Waals surface area contributed by atoms with Crippen LogP contribution in [0.3, 0.4) is 0 Å². The smallest absolute Gasteiger partial charge is 0.257 e. The molecule has 5 nitrogen and oxygen atoms in total. The van der Waals surface area contributed by atoms with Gasteiger partial charge in [-0.15, -0.1) is 0 Å². The third-order valence-electron chi connectivity index (χ3n) is 3.09. The lowest BCUT2D eigenvalue weighted by molar-refractivity contribution is 0.0776. The molecule has 3 rings (SSSR count). The molecule has 0 atom stereocenters. The maximum Gasteiger partial charge on any atom is 0.257 e. The number of hydrogen-bond donors (Lipinski definition) is 1. The quantitative estimate of drug-likeness (QED) is 0.789. The number of amides is 1. The van der Waals surface area contributed by atoms with Gasteiger partial charge < -0.3 is 19.5 Å². The lowest BCUT2D eigenvalue weighted by Crippen LogP contribution is -2.34. The number of carbonyl (C=O) groups excluding carboxylic acids is 1. The number of aromatic hydroxyl groups is 1. The van der Waals surface area contributed by atoms with Crippen LogP contribution in [0.4, 0.5) is 0 Å². The van der Waals surface area contributed by atoms with E-state index in [2.05, 4.69) is 15.9 Å². The van der Waals surface area contributed by atoms with E-state index in [1.54, 1.807) is 11.9 Å². The Hall–Kier alpha value is -1.43. The van der Waals surface area contributed by atoms with Crippen LogP contribution < -0.4 is 9.47 Å². The van der Waals surface area contributed by atoms with E-state index in [1.165, 1.54) is 0 Å².